The van der Waals surface area contributed by atoms with E-state index in [1.54, 1.807) is 6.92 Å². The van der Waals surface area contributed by atoms with Gasteiger partial charge in [0.2, 0.25) is 0 Å². The molecule has 14 heavy (non-hydrogen) atoms. The second kappa shape index (κ2) is 4.91. The van der Waals surface area contributed by atoms with Crippen molar-refractivity contribution >= 4 is 5.71 Å². The summed E-state index contributed by atoms with van der Waals surface area (Å²) >= 11 is 0. The van der Waals surface area contributed by atoms with Crippen LogP contribution in [0.2, 0.25) is 0 Å². The minimum Gasteiger partial charge on any atom is -0.388 e. The molecule has 2 heteroatoms. The van der Waals surface area contributed by atoms with Crippen molar-refractivity contribution in [2.75, 3.05) is 0 Å². The Kier molecular flexibility index (Phi) is 3.84. The van der Waals surface area contributed by atoms with Crippen molar-refractivity contribution in [3.63, 3.8) is 0 Å². The number of nitrogens with one attached hydrogen (secondary N) is 1. The first-order chi connectivity index (χ1) is 6.61. The Morgan fingerprint density at radius 1 is 1.43 bits per heavy atom. The molecule has 1 aromatic rings. The third-order valence-electron chi connectivity index (χ3n) is 2.34. The van der Waals surface area contributed by atoms with E-state index in [1.165, 1.54) is 0 Å². The Balaban J connectivity index is 2.65. The second-order valence-corrected chi connectivity index (χ2v) is 3.69. The van der Waals surface area contributed by atoms with E-state index in [1.807, 2.05) is 31.2 Å². The summed E-state index contributed by atoms with van der Waals surface area (Å²) < 4.78 is 0. The first kappa shape index (κ1) is 10.9. The monoisotopic (exact) mass is 191 g/mol. The third kappa shape index (κ3) is 2.96. The first-order valence-electron chi connectivity index (χ1n) is 4.89. The maximum Gasteiger partial charge on any atom is 0.0796 e. The van der Waals surface area contributed by atoms with Crippen LogP contribution in [0.25, 0.3) is 0 Å². The molecule has 2 nitrogen and oxygen atoms in total. The van der Waals surface area contributed by atoms with Crippen LogP contribution >= 0.6 is 0 Å². The highest BCUT2D eigenvalue weighted by Crippen LogP contribution is 2.21. The topological polar surface area (TPSA) is 44.1 Å². The second-order valence-electron chi connectivity index (χ2n) is 3.69. The molecule has 0 saturated carbocycles. The molecule has 0 aliphatic carbocycles. The summed E-state index contributed by atoms with van der Waals surface area (Å²) in [5.41, 5.74) is 2.72. The van der Waals surface area contributed by atoms with Gasteiger partial charge in [-0.25, -0.2) is 0 Å². The number of aliphatic hydroxyl groups excluding tert-OH is 1. The van der Waals surface area contributed by atoms with Crippen molar-refractivity contribution < 1.29 is 5.11 Å². The smallest absolute Gasteiger partial charge is 0.0796 e. The van der Waals surface area contributed by atoms with Crippen molar-refractivity contribution in [3.05, 3.63) is 35.4 Å². The summed E-state index contributed by atoms with van der Waals surface area (Å²) in [6, 6.07) is 7.84. The van der Waals surface area contributed by atoms with Gasteiger partial charge in [0.1, 0.15) is 0 Å². The van der Waals surface area contributed by atoms with E-state index >= 15 is 0 Å². The number of benzene rings is 1. The van der Waals surface area contributed by atoms with Crippen molar-refractivity contribution in [2.45, 2.75) is 32.8 Å². The lowest BCUT2D eigenvalue weighted by Crippen LogP contribution is -2.02. The number of hydrogen-bond donors (Lipinski definition) is 2. The van der Waals surface area contributed by atoms with Gasteiger partial charge in [-0.15, -0.1) is 0 Å². The molecule has 0 heterocycles. The van der Waals surface area contributed by atoms with E-state index in [4.69, 9.17) is 5.41 Å². The summed E-state index contributed by atoms with van der Waals surface area (Å²) in [4.78, 5) is 0. The van der Waals surface area contributed by atoms with Gasteiger partial charge in [-0.2, -0.15) is 0 Å². The van der Waals surface area contributed by atoms with Crippen LogP contribution in [0.15, 0.2) is 24.3 Å². The number of rotatable bonds is 4. The molecule has 1 aromatic carbocycles. The lowest BCUT2D eigenvalue weighted by molar-refractivity contribution is 0.169. The zero-order chi connectivity index (χ0) is 10.6. The summed E-state index contributed by atoms with van der Waals surface area (Å²) in [5, 5.41) is 17.1. The van der Waals surface area contributed by atoms with E-state index in [2.05, 4.69) is 0 Å². The SMILES string of the molecule is CC(=N)CC[C@H](O)c1ccccc1C. The van der Waals surface area contributed by atoms with E-state index < -0.39 is 6.10 Å². The largest absolute Gasteiger partial charge is 0.388 e. The molecule has 0 bridgehead atoms. The summed E-state index contributed by atoms with van der Waals surface area (Å²) in [6.07, 6.45) is 0.867. The Morgan fingerprint density at radius 3 is 2.64 bits per heavy atom. The number of aliphatic hydroxyl groups is 1. The van der Waals surface area contributed by atoms with Crippen LogP contribution in [0.4, 0.5) is 0 Å². The zero-order valence-electron chi connectivity index (χ0n) is 8.75. The molecule has 0 aromatic heterocycles. The van der Waals surface area contributed by atoms with Crippen molar-refractivity contribution in [2.24, 2.45) is 0 Å². The average Bonchev–Trinajstić information content (AvgIpc) is 2.15. The molecular weight excluding hydrogens is 174 g/mol. The van der Waals surface area contributed by atoms with Gasteiger partial charge in [0.15, 0.2) is 0 Å². The molecule has 0 spiro atoms. The maximum atomic E-state index is 9.85. The minimum absolute atomic E-state index is 0.434. The summed E-state index contributed by atoms with van der Waals surface area (Å²) in [6.45, 7) is 3.76. The predicted octanol–water partition coefficient (Wildman–Crippen LogP) is 2.85. The van der Waals surface area contributed by atoms with Gasteiger partial charge in [-0.05, 0) is 37.8 Å². The lowest BCUT2D eigenvalue weighted by Gasteiger charge is -2.12. The van der Waals surface area contributed by atoms with Gasteiger partial charge in [0.25, 0.3) is 0 Å². The molecule has 2 N–H and O–H groups in total. The van der Waals surface area contributed by atoms with Gasteiger partial charge in [0.05, 0.1) is 6.10 Å². The van der Waals surface area contributed by atoms with E-state index in [0.717, 1.165) is 11.1 Å². The molecule has 1 rings (SSSR count). The summed E-state index contributed by atoms with van der Waals surface area (Å²) in [7, 11) is 0. The van der Waals surface area contributed by atoms with Crippen LogP contribution in [-0.4, -0.2) is 10.8 Å². The Labute approximate surface area is 85.1 Å². The summed E-state index contributed by atoms with van der Waals surface area (Å²) in [5.74, 6) is 0. The Bertz CT molecular complexity index is 320. The molecule has 1 atom stereocenters. The van der Waals surface area contributed by atoms with E-state index in [-0.39, 0.29) is 0 Å². The van der Waals surface area contributed by atoms with E-state index in [9.17, 15) is 5.11 Å². The molecule has 0 radical (unpaired) electrons. The molecule has 76 valence electrons. The van der Waals surface area contributed by atoms with Gasteiger partial charge >= 0.3 is 0 Å². The molecular formula is C12H17NO. The molecule has 0 saturated heterocycles. The van der Waals surface area contributed by atoms with Gasteiger partial charge in [-0.1, -0.05) is 24.3 Å². The van der Waals surface area contributed by atoms with Crippen molar-refractivity contribution in [3.8, 4) is 0 Å². The van der Waals surface area contributed by atoms with Crippen LogP contribution in [0.1, 0.15) is 37.0 Å². The third-order valence-corrected chi connectivity index (χ3v) is 2.34. The quantitative estimate of drug-likeness (QED) is 0.706. The Morgan fingerprint density at radius 2 is 2.07 bits per heavy atom. The fraction of sp³-hybridized carbons (Fsp3) is 0.417. The standard InChI is InChI=1S/C12H17NO/c1-9-5-3-4-6-11(9)12(14)8-7-10(2)13/h3-6,12-14H,7-8H2,1-2H3/t12-/m0/s1. The van der Waals surface area contributed by atoms with E-state index in [0.29, 0.717) is 18.6 Å². The van der Waals surface area contributed by atoms with Crippen molar-refractivity contribution in [1.82, 2.24) is 0 Å². The number of hydrogen-bond acceptors (Lipinski definition) is 2. The first-order valence-corrected chi connectivity index (χ1v) is 4.89. The fourth-order valence-corrected chi connectivity index (χ4v) is 1.47. The predicted molar refractivity (Wildman–Crippen MR) is 58.8 cm³/mol. The van der Waals surface area contributed by atoms with Crippen LogP contribution < -0.4 is 0 Å². The van der Waals surface area contributed by atoms with Gasteiger partial charge < -0.3 is 10.5 Å². The molecule has 0 fully saturated rings. The van der Waals surface area contributed by atoms with Gasteiger partial charge in [0, 0.05) is 5.71 Å². The molecule has 0 aliphatic heterocycles. The Hall–Kier alpha value is -1.15. The minimum atomic E-state index is -0.434. The lowest BCUT2D eigenvalue weighted by atomic mass is 9.99. The molecule has 0 amide bonds. The van der Waals surface area contributed by atoms with Gasteiger partial charge in [-0.3, -0.25) is 0 Å². The highest BCUT2D eigenvalue weighted by atomic mass is 16.3. The molecule has 0 aliphatic rings. The van der Waals surface area contributed by atoms with Crippen LogP contribution in [0.3, 0.4) is 0 Å². The zero-order valence-corrected chi connectivity index (χ0v) is 8.75. The fourth-order valence-electron chi connectivity index (χ4n) is 1.47. The highest BCUT2D eigenvalue weighted by molar-refractivity contribution is 5.78. The maximum absolute atomic E-state index is 9.85. The highest BCUT2D eigenvalue weighted by Gasteiger charge is 2.09. The molecule has 0 unspecified atom stereocenters. The normalized spacial score (nSPS) is 12.5. The number of aryl methyl sites for hydroxylation is 1. The van der Waals surface area contributed by atoms with Crippen molar-refractivity contribution in [1.29, 1.82) is 5.41 Å². The van der Waals surface area contributed by atoms with Crippen LogP contribution in [0, 0.1) is 12.3 Å². The average molecular weight is 191 g/mol. The van der Waals surface area contributed by atoms with Crippen LogP contribution in [0.5, 0.6) is 0 Å². The van der Waals surface area contributed by atoms with Crippen LogP contribution in [-0.2, 0) is 0 Å².